The van der Waals surface area contributed by atoms with Gasteiger partial charge in [0, 0.05) is 24.5 Å². The summed E-state index contributed by atoms with van der Waals surface area (Å²) >= 11 is 5.79. The second-order valence-electron chi connectivity index (χ2n) is 7.69. The van der Waals surface area contributed by atoms with Gasteiger partial charge in [0.25, 0.3) is 0 Å². The molecule has 32 heavy (non-hydrogen) atoms. The fraction of sp³-hybridized carbons (Fsp3) is 0.381. The maximum Gasteiger partial charge on any atom is 0.416 e. The molecular weight excluding hydrogens is 454 g/mol. The highest BCUT2D eigenvalue weighted by Gasteiger charge is 2.47. The van der Waals surface area contributed by atoms with Crippen molar-refractivity contribution in [3.8, 4) is 0 Å². The van der Waals surface area contributed by atoms with E-state index in [0.29, 0.717) is 0 Å². The molecule has 6 nitrogen and oxygen atoms in total. The van der Waals surface area contributed by atoms with Gasteiger partial charge in [0.15, 0.2) is 0 Å². The van der Waals surface area contributed by atoms with E-state index in [4.69, 9.17) is 11.6 Å². The molecule has 172 valence electrons. The van der Waals surface area contributed by atoms with Crippen molar-refractivity contribution in [2.45, 2.75) is 38.5 Å². The van der Waals surface area contributed by atoms with E-state index in [1.807, 2.05) is 0 Å². The summed E-state index contributed by atoms with van der Waals surface area (Å²) < 4.78 is 53.6. The van der Waals surface area contributed by atoms with E-state index in [9.17, 15) is 32.3 Å². The van der Waals surface area contributed by atoms with Crippen molar-refractivity contribution in [2.24, 2.45) is 5.92 Å². The van der Waals surface area contributed by atoms with Crippen LogP contribution in [-0.2, 0) is 15.8 Å². The monoisotopic (exact) mass is 473 g/mol. The highest BCUT2D eigenvalue weighted by Crippen LogP contribution is 2.38. The van der Waals surface area contributed by atoms with Crippen molar-refractivity contribution in [3.05, 3.63) is 52.4 Å². The van der Waals surface area contributed by atoms with Crippen LogP contribution < -0.4 is 9.80 Å². The summed E-state index contributed by atoms with van der Waals surface area (Å²) in [6.45, 7) is 2.91. The smallest absolute Gasteiger partial charge is 0.416 e. The number of likely N-dealkylation sites (N-methyl/N-ethyl adjacent to an activating group) is 1. The lowest BCUT2D eigenvalue weighted by molar-refractivity contribution is -0.142. The number of carboxylic acid groups (broad SMARTS) is 1. The number of alkyl halides is 3. The van der Waals surface area contributed by atoms with E-state index in [1.165, 1.54) is 42.8 Å². The van der Waals surface area contributed by atoms with Crippen molar-refractivity contribution >= 4 is 35.0 Å². The van der Waals surface area contributed by atoms with Gasteiger partial charge in [-0.15, -0.1) is 0 Å². The zero-order valence-electron chi connectivity index (χ0n) is 17.3. The number of hydrogen-bond donors (Lipinski definition) is 1. The zero-order valence-corrected chi connectivity index (χ0v) is 18.1. The lowest BCUT2D eigenvalue weighted by Crippen LogP contribution is -2.47. The highest BCUT2D eigenvalue weighted by atomic mass is 35.5. The molecule has 0 saturated carbocycles. The second kappa shape index (κ2) is 8.57. The molecule has 0 radical (unpaired) electrons. The van der Waals surface area contributed by atoms with Gasteiger partial charge < -0.3 is 14.9 Å². The van der Waals surface area contributed by atoms with E-state index >= 15 is 0 Å². The Kier molecular flexibility index (Phi) is 6.37. The van der Waals surface area contributed by atoms with Crippen molar-refractivity contribution < 1.29 is 32.3 Å². The summed E-state index contributed by atoms with van der Waals surface area (Å²) in [4.78, 5) is 31.7. The third-order valence-corrected chi connectivity index (χ3v) is 5.88. The second-order valence-corrected chi connectivity index (χ2v) is 8.10. The van der Waals surface area contributed by atoms with E-state index in [-0.39, 0.29) is 28.6 Å². The quantitative estimate of drug-likeness (QED) is 0.660. The molecule has 0 aliphatic carbocycles. The molecular formula is C21H20ClF4N3O3. The van der Waals surface area contributed by atoms with E-state index in [0.717, 1.165) is 18.2 Å². The number of pyridine rings is 1. The van der Waals surface area contributed by atoms with Gasteiger partial charge in [0.2, 0.25) is 5.91 Å². The van der Waals surface area contributed by atoms with Gasteiger partial charge in [-0.3, -0.25) is 9.59 Å². The topological polar surface area (TPSA) is 73.7 Å². The average Bonchev–Trinajstić information content (AvgIpc) is 3.05. The third kappa shape index (κ3) is 4.50. The maximum absolute atomic E-state index is 13.5. The Morgan fingerprint density at radius 3 is 2.47 bits per heavy atom. The number of anilines is 2. The standard InChI is InChI=1S/C21H20ClF4N3O3/c1-10-6-12(21(24,25)26)7-18(27-10)29-11(2)14(20(31)32)9-17(29)19(30)28(3)13-4-5-16(23)15(22)8-13/h4-8,11,14,17H,9H2,1-3H3,(H,31,32)/t11-,14-,17-/m0/s1. The number of hydrogen-bond acceptors (Lipinski definition) is 4. The van der Waals surface area contributed by atoms with Crippen LogP contribution in [0.4, 0.5) is 29.1 Å². The molecule has 3 atom stereocenters. The Morgan fingerprint density at radius 1 is 1.25 bits per heavy atom. The molecule has 1 aromatic carbocycles. The predicted molar refractivity (Wildman–Crippen MR) is 110 cm³/mol. The Labute approximate surface area is 186 Å². The third-order valence-electron chi connectivity index (χ3n) is 5.59. The van der Waals surface area contributed by atoms with Gasteiger partial charge in [-0.1, -0.05) is 11.6 Å². The predicted octanol–water partition coefficient (Wildman–Crippen LogP) is 4.53. The minimum absolute atomic E-state index is 0.0747. The zero-order chi connectivity index (χ0) is 24.0. The molecule has 0 spiro atoms. The molecule has 1 fully saturated rings. The number of rotatable bonds is 4. The van der Waals surface area contributed by atoms with Crippen LogP contribution in [0.25, 0.3) is 0 Å². The van der Waals surface area contributed by atoms with Crippen molar-refractivity contribution in [1.82, 2.24) is 4.98 Å². The van der Waals surface area contributed by atoms with Gasteiger partial charge >= 0.3 is 12.1 Å². The van der Waals surface area contributed by atoms with E-state index in [1.54, 1.807) is 0 Å². The number of carbonyl (C=O) groups is 2. The summed E-state index contributed by atoms with van der Waals surface area (Å²) in [5, 5.41) is 9.39. The molecule has 3 rings (SSSR count). The normalized spacial score (nSPS) is 21.0. The number of benzene rings is 1. The first-order chi connectivity index (χ1) is 14.8. The molecule has 11 heteroatoms. The van der Waals surface area contributed by atoms with E-state index < -0.39 is 47.4 Å². The van der Waals surface area contributed by atoms with Crippen LogP contribution in [0.15, 0.2) is 30.3 Å². The Bertz CT molecular complexity index is 1060. The number of aliphatic carboxylic acids is 1. The number of amides is 1. The summed E-state index contributed by atoms with van der Waals surface area (Å²) in [5.41, 5.74) is -0.623. The fourth-order valence-electron chi connectivity index (χ4n) is 3.92. The fourth-order valence-corrected chi connectivity index (χ4v) is 4.09. The summed E-state index contributed by atoms with van der Waals surface area (Å²) in [6, 6.07) is 3.42. The molecule has 0 bridgehead atoms. The summed E-state index contributed by atoms with van der Waals surface area (Å²) in [7, 11) is 1.40. The van der Waals surface area contributed by atoms with Gasteiger partial charge in [0.05, 0.1) is 16.5 Å². The number of aromatic nitrogens is 1. The van der Waals surface area contributed by atoms with Crippen LogP contribution in [-0.4, -0.2) is 41.1 Å². The van der Waals surface area contributed by atoms with E-state index in [2.05, 4.69) is 4.98 Å². The number of halogens is 5. The van der Waals surface area contributed by atoms with Crippen LogP contribution in [0.1, 0.15) is 24.6 Å². The summed E-state index contributed by atoms with van der Waals surface area (Å²) in [5.74, 6) is -3.58. The molecule has 1 aliphatic rings. The van der Waals surface area contributed by atoms with Gasteiger partial charge in [-0.25, -0.2) is 9.37 Å². The number of aryl methyl sites for hydroxylation is 1. The highest BCUT2D eigenvalue weighted by molar-refractivity contribution is 6.31. The van der Waals surface area contributed by atoms with Gasteiger partial charge in [0.1, 0.15) is 17.7 Å². The van der Waals surface area contributed by atoms with Crippen LogP contribution in [0.5, 0.6) is 0 Å². The lowest BCUT2D eigenvalue weighted by atomic mass is 10.00. The lowest BCUT2D eigenvalue weighted by Gasteiger charge is -2.32. The van der Waals surface area contributed by atoms with Crippen LogP contribution in [0.3, 0.4) is 0 Å². The number of carbonyl (C=O) groups excluding carboxylic acids is 1. The first kappa shape index (κ1) is 23.8. The van der Waals surface area contributed by atoms with Gasteiger partial charge in [-0.2, -0.15) is 13.2 Å². The van der Waals surface area contributed by atoms with Crippen LogP contribution in [0.2, 0.25) is 5.02 Å². The molecule has 2 aromatic rings. The van der Waals surface area contributed by atoms with Gasteiger partial charge in [-0.05, 0) is 50.6 Å². The average molecular weight is 474 g/mol. The molecule has 1 amide bonds. The van der Waals surface area contributed by atoms with Crippen LogP contribution >= 0.6 is 11.6 Å². The summed E-state index contributed by atoms with van der Waals surface area (Å²) in [6.07, 6.45) is -4.77. The molecule has 0 unspecified atom stereocenters. The molecule has 1 N–H and O–H groups in total. The molecule has 2 heterocycles. The Hall–Kier alpha value is -2.88. The van der Waals surface area contributed by atoms with Crippen molar-refractivity contribution in [3.63, 3.8) is 0 Å². The molecule has 1 aromatic heterocycles. The minimum Gasteiger partial charge on any atom is -0.481 e. The SMILES string of the molecule is Cc1cc(C(F)(F)F)cc(N2[C@H](C(=O)N(C)c3ccc(F)c(Cl)c3)C[C@H](C(=O)O)[C@@H]2C)n1. The number of carboxylic acids is 1. The maximum atomic E-state index is 13.5. The van der Waals surface area contributed by atoms with Crippen molar-refractivity contribution in [1.29, 1.82) is 0 Å². The number of nitrogens with zero attached hydrogens (tertiary/aromatic N) is 3. The minimum atomic E-state index is -4.64. The molecule has 1 saturated heterocycles. The molecule has 1 aliphatic heterocycles. The first-order valence-corrected chi connectivity index (χ1v) is 9.98. The van der Waals surface area contributed by atoms with Crippen molar-refractivity contribution in [2.75, 3.05) is 16.8 Å². The first-order valence-electron chi connectivity index (χ1n) is 9.61. The largest absolute Gasteiger partial charge is 0.481 e. The van der Waals surface area contributed by atoms with Crippen LogP contribution in [0, 0.1) is 18.7 Å². The Balaban J connectivity index is 2.05. The Morgan fingerprint density at radius 2 is 1.91 bits per heavy atom.